The number of carbonyl (C=O) groups is 1. The van der Waals surface area contributed by atoms with Gasteiger partial charge in [-0.2, -0.15) is 8.42 Å². The fraction of sp³-hybridized carbons (Fsp3) is 0.364. The number of aliphatic hydroxyl groups excluding tert-OH is 1. The zero-order chi connectivity index (χ0) is 13.9. The molecule has 0 aromatic heterocycles. The van der Waals surface area contributed by atoms with Crippen LogP contribution < -0.4 is 5.73 Å². The smallest absolute Gasteiger partial charge is 0.352 e. The molecular weight excluding hydrogens is 258 g/mol. The Bertz CT molecular complexity index is 521. The molecule has 2 atom stereocenters. The van der Waals surface area contributed by atoms with Gasteiger partial charge in [0.25, 0.3) is 0 Å². The Kier molecular flexibility index (Phi) is 4.44. The predicted octanol–water partition coefficient (Wildman–Crippen LogP) is -0.0650. The van der Waals surface area contributed by atoms with Gasteiger partial charge in [0.05, 0.1) is 0 Å². The zero-order valence-electron chi connectivity index (χ0n) is 10.0. The Balaban J connectivity index is 2.89. The molecule has 0 aliphatic carbocycles. The van der Waals surface area contributed by atoms with E-state index in [0.717, 1.165) is 5.56 Å². The standard InChI is InChI=1S/C11H15NO5S/c1-7-3-5-9(6-4-7)18(15,16)17-11(14)10(13)8(2)12/h3-6,8,10,13H,12H2,1-2H3. The highest BCUT2D eigenvalue weighted by Gasteiger charge is 2.27. The summed E-state index contributed by atoms with van der Waals surface area (Å²) in [4.78, 5) is 11.2. The molecule has 2 unspecified atom stereocenters. The Labute approximate surface area is 105 Å². The molecule has 0 spiro atoms. The van der Waals surface area contributed by atoms with Gasteiger partial charge < -0.3 is 15.0 Å². The van der Waals surface area contributed by atoms with Crippen molar-refractivity contribution in [3.05, 3.63) is 29.8 Å². The van der Waals surface area contributed by atoms with Crippen molar-refractivity contribution in [1.82, 2.24) is 0 Å². The van der Waals surface area contributed by atoms with Gasteiger partial charge in [0.2, 0.25) is 0 Å². The van der Waals surface area contributed by atoms with Crippen LogP contribution in [0.5, 0.6) is 0 Å². The monoisotopic (exact) mass is 273 g/mol. The quantitative estimate of drug-likeness (QED) is 0.744. The topological polar surface area (TPSA) is 107 Å². The minimum Gasteiger partial charge on any atom is -0.380 e. The number of rotatable bonds is 4. The molecule has 18 heavy (non-hydrogen) atoms. The van der Waals surface area contributed by atoms with Crippen LogP contribution in [0.3, 0.4) is 0 Å². The summed E-state index contributed by atoms with van der Waals surface area (Å²) >= 11 is 0. The lowest BCUT2D eigenvalue weighted by atomic mass is 10.2. The van der Waals surface area contributed by atoms with E-state index in [4.69, 9.17) is 5.73 Å². The van der Waals surface area contributed by atoms with Crippen molar-refractivity contribution in [2.75, 3.05) is 0 Å². The Hall–Kier alpha value is -1.44. The molecular formula is C11H15NO5S. The van der Waals surface area contributed by atoms with Crippen molar-refractivity contribution in [2.45, 2.75) is 30.9 Å². The maximum atomic E-state index is 11.7. The van der Waals surface area contributed by atoms with Gasteiger partial charge in [-0.05, 0) is 26.0 Å². The average Bonchev–Trinajstić information content (AvgIpc) is 2.27. The molecule has 6 nitrogen and oxygen atoms in total. The van der Waals surface area contributed by atoms with Crippen LogP contribution in [0.2, 0.25) is 0 Å². The van der Waals surface area contributed by atoms with Crippen LogP contribution in [-0.2, 0) is 19.1 Å². The third kappa shape index (κ3) is 3.52. The first-order valence-corrected chi connectivity index (χ1v) is 6.63. The summed E-state index contributed by atoms with van der Waals surface area (Å²) in [5.41, 5.74) is 6.14. The van der Waals surface area contributed by atoms with Gasteiger partial charge >= 0.3 is 16.1 Å². The molecule has 0 aliphatic rings. The van der Waals surface area contributed by atoms with Crippen molar-refractivity contribution in [3.8, 4) is 0 Å². The highest BCUT2D eigenvalue weighted by molar-refractivity contribution is 7.87. The largest absolute Gasteiger partial charge is 0.380 e. The van der Waals surface area contributed by atoms with Crippen LogP contribution in [0.25, 0.3) is 0 Å². The lowest BCUT2D eigenvalue weighted by Gasteiger charge is -2.13. The normalized spacial score (nSPS) is 14.9. The van der Waals surface area contributed by atoms with Gasteiger partial charge in [-0.15, -0.1) is 0 Å². The molecule has 1 aromatic rings. The second-order valence-corrected chi connectivity index (χ2v) is 5.52. The van der Waals surface area contributed by atoms with E-state index in [0.29, 0.717) is 0 Å². The van der Waals surface area contributed by atoms with Crippen molar-refractivity contribution >= 4 is 16.1 Å². The zero-order valence-corrected chi connectivity index (χ0v) is 10.8. The summed E-state index contributed by atoms with van der Waals surface area (Å²) in [6.45, 7) is 3.16. The van der Waals surface area contributed by atoms with Gasteiger partial charge in [0.15, 0.2) is 6.10 Å². The van der Waals surface area contributed by atoms with Gasteiger partial charge in [-0.3, -0.25) is 0 Å². The molecule has 0 saturated heterocycles. The highest BCUT2D eigenvalue weighted by Crippen LogP contribution is 2.14. The molecule has 100 valence electrons. The number of hydrogen-bond donors (Lipinski definition) is 2. The Morgan fingerprint density at radius 1 is 1.33 bits per heavy atom. The first-order chi connectivity index (χ1) is 8.24. The predicted molar refractivity (Wildman–Crippen MR) is 64.1 cm³/mol. The second kappa shape index (κ2) is 5.47. The van der Waals surface area contributed by atoms with Crippen LogP contribution in [0.1, 0.15) is 12.5 Å². The molecule has 0 amide bonds. The maximum Gasteiger partial charge on any atom is 0.352 e. The van der Waals surface area contributed by atoms with Crippen LogP contribution in [0, 0.1) is 6.92 Å². The minimum absolute atomic E-state index is 0.154. The van der Waals surface area contributed by atoms with Crippen LogP contribution >= 0.6 is 0 Å². The molecule has 1 rings (SSSR count). The Morgan fingerprint density at radius 2 is 1.83 bits per heavy atom. The number of aliphatic hydroxyl groups is 1. The summed E-state index contributed by atoms with van der Waals surface area (Å²) in [5.74, 6) is -1.29. The fourth-order valence-electron chi connectivity index (χ4n) is 1.13. The SMILES string of the molecule is Cc1ccc(S(=O)(=O)OC(=O)C(O)C(C)N)cc1. The highest BCUT2D eigenvalue weighted by atomic mass is 32.2. The van der Waals surface area contributed by atoms with Crippen LogP contribution in [-0.4, -0.2) is 31.6 Å². The van der Waals surface area contributed by atoms with Gasteiger partial charge in [0.1, 0.15) is 4.90 Å². The summed E-state index contributed by atoms with van der Waals surface area (Å²) < 4.78 is 27.7. The number of carbonyl (C=O) groups excluding carboxylic acids is 1. The molecule has 0 aliphatic heterocycles. The molecule has 0 heterocycles. The average molecular weight is 273 g/mol. The minimum atomic E-state index is -4.22. The third-order valence-corrected chi connectivity index (χ3v) is 3.47. The first kappa shape index (κ1) is 14.6. The molecule has 3 N–H and O–H groups in total. The van der Waals surface area contributed by atoms with Gasteiger partial charge in [-0.25, -0.2) is 4.79 Å². The number of hydrogen-bond acceptors (Lipinski definition) is 6. The number of benzene rings is 1. The molecule has 1 aromatic carbocycles. The van der Waals surface area contributed by atoms with E-state index in [-0.39, 0.29) is 4.90 Å². The maximum absolute atomic E-state index is 11.7. The lowest BCUT2D eigenvalue weighted by molar-refractivity contribution is -0.143. The number of nitrogens with two attached hydrogens (primary N) is 1. The van der Waals surface area contributed by atoms with E-state index in [2.05, 4.69) is 4.18 Å². The van der Waals surface area contributed by atoms with E-state index < -0.39 is 28.2 Å². The van der Waals surface area contributed by atoms with Gasteiger partial charge in [0, 0.05) is 6.04 Å². The second-order valence-electron chi connectivity index (χ2n) is 3.97. The van der Waals surface area contributed by atoms with Crippen LogP contribution in [0.15, 0.2) is 29.2 Å². The lowest BCUT2D eigenvalue weighted by Crippen LogP contribution is -2.40. The molecule has 7 heteroatoms. The van der Waals surface area contributed by atoms with E-state index in [1.165, 1.54) is 19.1 Å². The van der Waals surface area contributed by atoms with E-state index in [1.807, 2.05) is 0 Å². The van der Waals surface area contributed by atoms with Crippen molar-refractivity contribution in [2.24, 2.45) is 5.73 Å². The van der Waals surface area contributed by atoms with E-state index in [9.17, 15) is 18.3 Å². The molecule has 0 bridgehead atoms. The van der Waals surface area contributed by atoms with Crippen LogP contribution in [0.4, 0.5) is 0 Å². The van der Waals surface area contributed by atoms with E-state index in [1.54, 1.807) is 19.1 Å². The van der Waals surface area contributed by atoms with Gasteiger partial charge in [-0.1, -0.05) is 17.7 Å². The molecule has 0 fully saturated rings. The summed E-state index contributed by atoms with van der Waals surface area (Å²) in [5, 5.41) is 9.29. The summed E-state index contributed by atoms with van der Waals surface area (Å²) in [7, 11) is -4.22. The molecule has 0 saturated carbocycles. The Morgan fingerprint density at radius 3 is 2.28 bits per heavy atom. The third-order valence-electron chi connectivity index (χ3n) is 2.24. The van der Waals surface area contributed by atoms with E-state index >= 15 is 0 Å². The summed E-state index contributed by atoms with van der Waals surface area (Å²) in [6, 6.07) is 4.86. The number of aryl methyl sites for hydroxylation is 1. The van der Waals surface area contributed by atoms with Crippen molar-refractivity contribution < 1.29 is 22.5 Å². The summed E-state index contributed by atoms with van der Waals surface area (Å²) in [6.07, 6.45) is -1.68. The van der Waals surface area contributed by atoms with Crippen molar-refractivity contribution in [1.29, 1.82) is 0 Å². The van der Waals surface area contributed by atoms with Crippen molar-refractivity contribution in [3.63, 3.8) is 0 Å². The fourth-order valence-corrected chi connectivity index (χ4v) is 2.01. The first-order valence-electron chi connectivity index (χ1n) is 5.22. The molecule has 0 radical (unpaired) electrons.